The van der Waals surface area contributed by atoms with E-state index in [2.05, 4.69) is 254 Å². The minimum absolute atomic E-state index is 0. The molecule has 10 rings (SSSR count). The zero-order valence-corrected chi connectivity index (χ0v) is 80.8. The summed E-state index contributed by atoms with van der Waals surface area (Å²) in [6, 6.07) is 27.9. The van der Waals surface area contributed by atoms with Crippen LogP contribution in [-0.4, -0.2) is 54.8 Å². The van der Waals surface area contributed by atoms with E-state index in [1.165, 1.54) is 179 Å². The van der Waals surface area contributed by atoms with Gasteiger partial charge in [-0.15, -0.1) is 22.3 Å². The number of hydrogen-bond acceptors (Lipinski definition) is 6. The Morgan fingerprint density at radius 2 is 0.437 bits per heavy atom. The molecule has 0 aliphatic heterocycles. The summed E-state index contributed by atoms with van der Waals surface area (Å²) in [7, 11) is 3.31. The number of benzene rings is 10. The average Bonchev–Trinajstić information content (AvgIpc) is 0.806. The van der Waals surface area contributed by atoms with Crippen molar-refractivity contribution in [3.63, 3.8) is 0 Å². The number of carboxylic acid groups (broad SMARTS) is 1. The van der Waals surface area contributed by atoms with Gasteiger partial charge in [0.1, 0.15) is 6.29 Å². The van der Waals surface area contributed by atoms with Crippen LogP contribution in [0.25, 0.3) is 48.6 Å². The van der Waals surface area contributed by atoms with E-state index >= 15 is 0 Å². The van der Waals surface area contributed by atoms with Gasteiger partial charge in [-0.25, -0.2) is 4.79 Å². The van der Waals surface area contributed by atoms with E-state index in [4.69, 9.17) is 5.11 Å². The third-order valence-corrected chi connectivity index (χ3v) is 25.7. The maximum Gasteiger partial charge on any atom is 0.335 e. The second kappa shape index (κ2) is 44.3. The molecule has 0 radical (unpaired) electrons. The summed E-state index contributed by atoms with van der Waals surface area (Å²) in [4.78, 5) is 67.8. The molecule has 0 saturated heterocycles. The van der Waals surface area contributed by atoms with Crippen molar-refractivity contribution in [2.75, 3.05) is 14.1 Å². The molecule has 0 aliphatic carbocycles. The molecule has 0 atom stereocenters. The number of rotatable bonds is 14. The molecule has 3 N–H and O–H groups in total. The maximum atomic E-state index is 11.9. The summed E-state index contributed by atoms with van der Waals surface area (Å²) >= 11 is 0. The Kier molecular flexibility index (Phi) is 37.4. The van der Waals surface area contributed by atoms with Crippen LogP contribution >= 0.6 is 0 Å². The number of amides is 2. The smallest absolute Gasteiger partial charge is 0.335 e. The number of Topliss-reactive ketones (excluding diaryl/α,β-unsaturated/α-hetero) is 2. The fraction of sp³-hybridized carbons (Fsp3) is 0.312. The number of aldehydes is 1. The number of nitrogens with one attached hydrogen (secondary N) is 2. The molecule has 10 heteroatoms. The normalized spacial score (nSPS) is 10.8. The summed E-state index contributed by atoms with van der Waals surface area (Å²) in [5.74, 6) is -0.917. The predicted molar refractivity (Wildman–Crippen MR) is 506 cm³/mol. The van der Waals surface area contributed by atoms with Gasteiger partial charge in [-0.3, -0.25) is 24.0 Å². The van der Waals surface area contributed by atoms with Gasteiger partial charge in [0.05, 0.1) is 5.56 Å². The zero-order chi connectivity index (χ0) is 89.3. The van der Waals surface area contributed by atoms with Gasteiger partial charge in [-0.1, -0.05) is 124 Å². The number of aryl methyl sites for hydroxylation is 5. The number of carbonyl (C=O) groups excluding carboxylic acids is 5. The maximum absolute atomic E-state index is 11.9. The van der Waals surface area contributed by atoms with Crippen LogP contribution in [0.3, 0.4) is 0 Å². The molecule has 0 fully saturated rings. The van der Waals surface area contributed by atoms with Crippen molar-refractivity contribution in [3.05, 3.63) is 348 Å². The third-order valence-electron chi connectivity index (χ3n) is 25.7. The molecule has 0 heterocycles. The van der Waals surface area contributed by atoms with Crippen LogP contribution in [0.5, 0.6) is 0 Å². The SMILES string of the molecule is CC(=O)c1ccc(C)c(/C=C/c2c(C)c(C)c(C)c(C)c2C)c1.CC(=O)c1ccc(C)c(C=O)c1.CNC(=O)c1ccc(C)c(/C=C/c2c(C)c(C)c(C)c(C)c2C)c1.CNC(=O)c1ccc(C)c(/C=C/c2c(C)c(C)c(C)c(C)c2C)c1.Cc1ccc(C(=O)O)cc1/C=C/c1c(C)c(C)c(C)c(C)c1C.[CH2-]c1c(C)c(C)c(C)c(C)c1C.[W]. The van der Waals surface area contributed by atoms with E-state index in [1.54, 1.807) is 51.4 Å². The number of ketones is 2. The Hall–Kier alpha value is -10.9. The Balaban J connectivity index is 0.000000305. The van der Waals surface area contributed by atoms with Crippen LogP contribution in [0.4, 0.5) is 0 Å². The fourth-order valence-corrected chi connectivity index (χ4v) is 14.6. The minimum Gasteiger partial charge on any atom is -0.478 e. The minimum atomic E-state index is -0.894. The largest absolute Gasteiger partial charge is 0.478 e. The fourth-order valence-electron chi connectivity index (χ4n) is 14.6. The second-order valence-electron chi connectivity index (χ2n) is 32.1. The molecule has 0 spiro atoms. The van der Waals surface area contributed by atoms with Gasteiger partial charge in [0.25, 0.3) is 11.8 Å². The van der Waals surface area contributed by atoms with Gasteiger partial charge in [-0.2, -0.15) is 12.5 Å². The molecule has 626 valence electrons. The van der Waals surface area contributed by atoms with Crippen LogP contribution in [0.15, 0.2) is 91.0 Å². The Morgan fingerprint density at radius 1 is 0.261 bits per heavy atom. The topological polar surface area (TPSA) is 147 Å². The van der Waals surface area contributed by atoms with Gasteiger partial charge in [-0.05, 0) is 426 Å². The van der Waals surface area contributed by atoms with Gasteiger partial charge >= 0.3 is 5.97 Å². The van der Waals surface area contributed by atoms with E-state index < -0.39 is 5.97 Å². The Bertz CT molecular complexity index is 5180. The number of hydrogen-bond donors (Lipinski definition) is 3. The Morgan fingerprint density at radius 3 is 0.647 bits per heavy atom. The summed E-state index contributed by atoms with van der Waals surface area (Å²) in [6.45, 7) is 71.6. The van der Waals surface area contributed by atoms with E-state index in [0.29, 0.717) is 27.8 Å². The van der Waals surface area contributed by atoms with Gasteiger partial charge in [0.2, 0.25) is 0 Å². The van der Waals surface area contributed by atoms with E-state index in [0.717, 1.165) is 56.4 Å². The Labute approximate surface area is 728 Å². The first-order valence-electron chi connectivity index (χ1n) is 40.7. The van der Waals surface area contributed by atoms with Crippen LogP contribution < -0.4 is 10.6 Å². The molecule has 9 nitrogen and oxygen atoms in total. The number of carbonyl (C=O) groups is 6. The van der Waals surface area contributed by atoms with Crippen molar-refractivity contribution in [1.82, 2.24) is 10.6 Å². The first-order chi connectivity index (χ1) is 55.1. The third kappa shape index (κ3) is 24.4. The van der Waals surface area contributed by atoms with Crippen LogP contribution in [0.2, 0.25) is 0 Å². The molecular formula is C109H131N2O7W-. The molecule has 10 aromatic rings. The molecule has 0 bridgehead atoms. The summed E-state index contributed by atoms with van der Waals surface area (Å²) in [5, 5.41) is 14.5. The van der Waals surface area contributed by atoms with Crippen molar-refractivity contribution >= 4 is 84.2 Å². The van der Waals surface area contributed by atoms with Gasteiger partial charge in [0.15, 0.2) is 11.6 Å². The number of carboxylic acids is 1. The summed E-state index contributed by atoms with van der Waals surface area (Å²) in [5.41, 5.74) is 53.3. The van der Waals surface area contributed by atoms with Crippen LogP contribution in [0, 0.1) is 215 Å². The van der Waals surface area contributed by atoms with Crippen molar-refractivity contribution in [3.8, 4) is 0 Å². The van der Waals surface area contributed by atoms with Crippen LogP contribution in [0.1, 0.15) is 293 Å². The van der Waals surface area contributed by atoms with E-state index in [9.17, 15) is 28.8 Å². The summed E-state index contributed by atoms with van der Waals surface area (Å²) < 4.78 is 0. The van der Waals surface area contributed by atoms with E-state index in [1.807, 2.05) is 80.6 Å². The van der Waals surface area contributed by atoms with Crippen molar-refractivity contribution in [2.45, 2.75) is 222 Å². The van der Waals surface area contributed by atoms with Gasteiger partial charge < -0.3 is 15.7 Å². The predicted octanol–water partition coefficient (Wildman–Crippen LogP) is 26.9. The molecule has 0 saturated carbocycles. The summed E-state index contributed by atoms with van der Waals surface area (Å²) in [6.07, 6.45) is 17.8. The molecular weight excluding hydrogens is 1630 g/mol. The molecule has 0 aromatic heterocycles. The standard InChI is InChI=1S/2C22H27NO.C22H26O.C21H24O2.C12H17.C10H10O2.W/c2*1-13-8-9-20(22(24)23-7)12-19(13)10-11-21-17(5)15(3)14(2)16(4)18(21)6;1-13-8-9-21(19(7)23)12-20(13)10-11-22-17(5)15(3)14(2)16(4)18(22)6;1-12-7-8-19(21(22)23)11-18(12)9-10-20-16(5)14(3)13(2)15(4)17(20)6;1-7-8(2)10(4)12(6)11(5)9(7)3;1-7-3-4-9(8(2)12)5-10(7)6-11;/h2*8-12H,1-7H3,(H,23,24);8-12H,1-7H3;7-11H,1-6H3,(H,22,23);1H2,2-6H3;3-6H,1-2H3;/q;;;;-1;;/b3*11-10+;10-9+;;;. The monoisotopic (exact) mass is 1760 g/mol. The molecule has 0 unspecified atom stereocenters. The molecule has 10 aromatic carbocycles. The number of aromatic carboxylic acids is 1. The van der Waals surface area contributed by atoms with Gasteiger partial charge in [0, 0.05) is 63.0 Å². The van der Waals surface area contributed by atoms with Crippen molar-refractivity contribution in [1.29, 1.82) is 0 Å². The second-order valence-corrected chi connectivity index (χ2v) is 32.1. The first kappa shape index (κ1) is 100. The first-order valence-corrected chi connectivity index (χ1v) is 40.7. The van der Waals surface area contributed by atoms with E-state index in [-0.39, 0.29) is 44.4 Å². The van der Waals surface area contributed by atoms with Crippen molar-refractivity contribution < 1.29 is 54.9 Å². The molecule has 2 amide bonds. The van der Waals surface area contributed by atoms with Crippen LogP contribution in [-0.2, 0) is 21.1 Å². The quantitative estimate of drug-likeness (QED) is 0.0425. The van der Waals surface area contributed by atoms with Crippen molar-refractivity contribution in [2.24, 2.45) is 0 Å². The molecule has 0 aliphatic rings. The zero-order valence-electron chi connectivity index (χ0n) is 77.9. The average molecular weight is 1770 g/mol. The molecule has 119 heavy (non-hydrogen) atoms.